The smallest absolute Gasteiger partial charge is 0.500 e. The van der Waals surface area contributed by atoms with Crippen LogP contribution < -0.4 is 12.4 Å². The van der Waals surface area contributed by atoms with Crippen LogP contribution in [0.4, 0.5) is 57.1 Å². The van der Waals surface area contributed by atoms with E-state index < -0.39 is 88.1 Å². The highest BCUT2D eigenvalue weighted by Gasteiger charge is 2.90. The Labute approximate surface area is 225 Å². The molecule has 19 heteroatoms. The molecule has 0 aromatic heterocycles. The highest BCUT2D eigenvalue weighted by atomic mass is 35.5. The summed E-state index contributed by atoms with van der Waals surface area (Å²) in [5.41, 5.74) is 0. The standard InChI is InChI=1S/C20H33F13NO3Si.ClH/c1-6-11-34(12-7-2,13-8-14-38(35-3,36-4)37-5)20(32,33)19(30,31)18(28,29)17(26,27)15(21,22)9-10-16(23,24)25;/h6-14H2,1-5H3;1H/q+1;/p-1. The monoisotopic (exact) mass is 645 g/mol. The Morgan fingerprint density at radius 3 is 1.33 bits per heavy atom. The van der Waals surface area contributed by atoms with Crippen LogP contribution in [0.25, 0.3) is 0 Å². The van der Waals surface area contributed by atoms with Crippen molar-refractivity contribution >= 4 is 8.80 Å². The average Bonchev–Trinajstić information content (AvgIpc) is 2.80. The molecule has 0 unspecified atom stereocenters. The van der Waals surface area contributed by atoms with Crippen molar-refractivity contribution in [2.75, 3.05) is 41.0 Å². The van der Waals surface area contributed by atoms with Gasteiger partial charge in [0.2, 0.25) is 0 Å². The summed E-state index contributed by atoms with van der Waals surface area (Å²) in [6.07, 6.45) is -12.5. The molecule has 0 amide bonds. The van der Waals surface area contributed by atoms with Crippen molar-refractivity contribution in [2.45, 2.75) is 87.9 Å². The molecule has 39 heavy (non-hydrogen) atoms. The van der Waals surface area contributed by atoms with Crippen LogP contribution in [0.15, 0.2) is 0 Å². The summed E-state index contributed by atoms with van der Waals surface area (Å²) in [7, 11) is -0.0579. The van der Waals surface area contributed by atoms with E-state index in [0.29, 0.717) is 0 Å². The Balaban J connectivity index is 0. The Bertz CT molecular complexity index is 724. The fourth-order valence-electron chi connectivity index (χ4n) is 4.14. The van der Waals surface area contributed by atoms with E-state index >= 15 is 8.78 Å². The number of nitrogens with zero attached hydrogens (tertiary/aromatic N) is 1. The summed E-state index contributed by atoms with van der Waals surface area (Å²) in [5.74, 6) is -28.2. The van der Waals surface area contributed by atoms with E-state index in [0.717, 1.165) is 21.3 Å². The maximum atomic E-state index is 15.5. The summed E-state index contributed by atoms with van der Waals surface area (Å²) in [4.78, 5) is 0. The molecule has 0 atom stereocenters. The first kappa shape index (κ1) is 40.6. The van der Waals surface area contributed by atoms with E-state index in [1.165, 1.54) is 13.8 Å². The summed E-state index contributed by atoms with van der Waals surface area (Å²) >= 11 is 0. The number of rotatable bonds is 18. The Hall–Kier alpha value is -0.563. The second-order valence-electron chi connectivity index (χ2n) is 8.80. The van der Waals surface area contributed by atoms with Crippen LogP contribution in [0, 0.1) is 0 Å². The molecule has 0 heterocycles. The van der Waals surface area contributed by atoms with Crippen molar-refractivity contribution in [3.8, 4) is 0 Å². The second kappa shape index (κ2) is 14.1. The molecule has 0 aliphatic heterocycles. The molecule has 0 fully saturated rings. The third-order valence-electron chi connectivity index (χ3n) is 6.25. The molecule has 0 rings (SSSR count). The molecule has 0 saturated heterocycles. The van der Waals surface area contributed by atoms with Crippen molar-refractivity contribution in [2.24, 2.45) is 0 Å². The van der Waals surface area contributed by atoms with Gasteiger partial charge in [-0.25, -0.2) is 0 Å². The van der Waals surface area contributed by atoms with Gasteiger partial charge in [-0.15, -0.1) is 8.78 Å². The van der Waals surface area contributed by atoms with Gasteiger partial charge in [0.05, 0.1) is 19.6 Å². The fourth-order valence-corrected chi connectivity index (χ4v) is 5.84. The zero-order valence-electron chi connectivity index (χ0n) is 21.8. The Morgan fingerprint density at radius 1 is 0.590 bits per heavy atom. The topological polar surface area (TPSA) is 27.7 Å². The van der Waals surface area contributed by atoms with Crippen LogP contribution in [-0.2, 0) is 13.3 Å². The zero-order valence-corrected chi connectivity index (χ0v) is 23.6. The minimum Gasteiger partial charge on any atom is -1.00 e. The van der Waals surface area contributed by atoms with E-state index in [9.17, 15) is 48.3 Å². The van der Waals surface area contributed by atoms with E-state index in [1.54, 1.807) is 0 Å². The normalized spacial score (nSPS) is 14.9. The number of halogens is 14. The van der Waals surface area contributed by atoms with Gasteiger partial charge in [0.15, 0.2) is 0 Å². The molecule has 0 radical (unpaired) electrons. The molecule has 0 aromatic rings. The lowest BCUT2D eigenvalue weighted by Crippen LogP contribution is -3.00. The van der Waals surface area contributed by atoms with E-state index in [2.05, 4.69) is 0 Å². The molecule has 0 aliphatic carbocycles. The van der Waals surface area contributed by atoms with Gasteiger partial charge in [-0.05, 0) is 12.8 Å². The van der Waals surface area contributed by atoms with Gasteiger partial charge in [0.25, 0.3) is 0 Å². The van der Waals surface area contributed by atoms with Crippen molar-refractivity contribution in [3.05, 3.63) is 0 Å². The quantitative estimate of drug-likeness (QED) is 0.0960. The molecule has 0 spiro atoms. The first-order chi connectivity index (χ1) is 17.0. The van der Waals surface area contributed by atoms with Gasteiger partial charge in [-0.1, -0.05) is 13.8 Å². The van der Waals surface area contributed by atoms with Crippen LogP contribution in [0.2, 0.25) is 6.04 Å². The van der Waals surface area contributed by atoms with Crippen molar-refractivity contribution in [1.29, 1.82) is 0 Å². The first-order valence-electron chi connectivity index (χ1n) is 11.4. The fraction of sp³-hybridized carbons (Fsp3) is 1.00. The van der Waals surface area contributed by atoms with E-state index in [-0.39, 0.29) is 31.3 Å². The minimum absolute atomic E-state index is 0. The van der Waals surface area contributed by atoms with Crippen molar-refractivity contribution in [3.63, 3.8) is 0 Å². The second-order valence-corrected chi connectivity index (χ2v) is 11.9. The number of hydrogen-bond donors (Lipinski definition) is 0. The maximum Gasteiger partial charge on any atom is 0.500 e. The Morgan fingerprint density at radius 2 is 1.00 bits per heavy atom. The molecule has 238 valence electrons. The van der Waals surface area contributed by atoms with Crippen LogP contribution >= 0.6 is 0 Å². The third kappa shape index (κ3) is 8.05. The van der Waals surface area contributed by atoms with Gasteiger partial charge in [0, 0.05) is 46.6 Å². The molecule has 0 N–H and O–H groups in total. The largest absolute Gasteiger partial charge is 1.00 e. The number of alkyl halides is 13. The molecular formula is C20H33ClF13NO3Si. The number of hydrogen-bond acceptors (Lipinski definition) is 3. The van der Waals surface area contributed by atoms with Crippen molar-refractivity contribution in [1.82, 2.24) is 0 Å². The molecule has 4 nitrogen and oxygen atoms in total. The molecule has 0 aliphatic rings. The van der Waals surface area contributed by atoms with E-state index in [1.807, 2.05) is 0 Å². The zero-order chi connectivity index (χ0) is 30.5. The highest BCUT2D eigenvalue weighted by Crippen LogP contribution is 2.60. The van der Waals surface area contributed by atoms with E-state index in [4.69, 9.17) is 13.3 Å². The summed E-state index contributed by atoms with van der Waals surface area (Å²) in [6, 6.07) is -6.35. The predicted molar refractivity (Wildman–Crippen MR) is 112 cm³/mol. The van der Waals surface area contributed by atoms with Crippen molar-refractivity contribution < 1.29 is 87.2 Å². The van der Waals surface area contributed by atoms with Gasteiger partial charge in [-0.3, -0.25) is 4.48 Å². The lowest BCUT2D eigenvalue weighted by Gasteiger charge is -2.48. The first-order valence-corrected chi connectivity index (χ1v) is 13.4. The highest BCUT2D eigenvalue weighted by molar-refractivity contribution is 6.60. The molecule has 0 aromatic carbocycles. The maximum absolute atomic E-state index is 15.5. The van der Waals surface area contributed by atoms with Crippen LogP contribution in [0.1, 0.15) is 46.0 Å². The van der Waals surface area contributed by atoms with Gasteiger partial charge < -0.3 is 25.7 Å². The summed E-state index contributed by atoms with van der Waals surface area (Å²) in [5, 5.41) is 0. The van der Waals surface area contributed by atoms with Crippen LogP contribution in [-0.4, -0.2) is 90.2 Å². The minimum atomic E-state index is -7.45. The van der Waals surface area contributed by atoms with Crippen LogP contribution in [0.5, 0.6) is 0 Å². The predicted octanol–water partition coefficient (Wildman–Crippen LogP) is 4.37. The lowest BCUT2D eigenvalue weighted by atomic mass is 9.92. The Kier molecular flexibility index (Phi) is 14.6. The molecule has 0 saturated carbocycles. The SMILES string of the molecule is CCC[N+](CCC)(CCC[Si](OC)(OC)OC)C(F)(F)C(F)(F)C(F)(F)C(F)(F)C(F)(F)CCC(F)(F)F.[Cl-]. The van der Waals surface area contributed by atoms with Gasteiger partial charge in [-0.2, -0.15) is 48.3 Å². The lowest BCUT2D eigenvalue weighted by molar-refractivity contribution is -1.02. The van der Waals surface area contributed by atoms with Gasteiger partial charge in [0.1, 0.15) is 0 Å². The summed E-state index contributed by atoms with van der Waals surface area (Å²) < 4.78 is 195. The molecule has 0 bridgehead atoms. The summed E-state index contributed by atoms with van der Waals surface area (Å²) in [6.45, 7) is -0.504. The third-order valence-corrected chi connectivity index (χ3v) is 9.08. The average molecular weight is 646 g/mol. The number of quaternary nitrogens is 1. The van der Waals surface area contributed by atoms with Crippen LogP contribution in [0.3, 0.4) is 0 Å². The van der Waals surface area contributed by atoms with Gasteiger partial charge >= 0.3 is 44.7 Å². The molecular weight excluding hydrogens is 613 g/mol.